The fraction of sp³-hybridized carbons (Fsp3) is 0.526. The number of hydrogen-bond acceptors (Lipinski definition) is 3. The van der Waals surface area contributed by atoms with Crippen molar-refractivity contribution in [3.63, 3.8) is 0 Å². The van der Waals surface area contributed by atoms with Gasteiger partial charge in [0.1, 0.15) is 0 Å². The summed E-state index contributed by atoms with van der Waals surface area (Å²) in [5.74, 6) is 0.192. The van der Waals surface area contributed by atoms with Gasteiger partial charge in [-0.3, -0.25) is 9.59 Å². The van der Waals surface area contributed by atoms with Crippen LogP contribution in [-0.2, 0) is 4.79 Å². The van der Waals surface area contributed by atoms with Crippen molar-refractivity contribution in [2.24, 2.45) is 5.41 Å². The number of amides is 2. The number of rotatable bonds is 3. The minimum atomic E-state index is -0.0286. The molecule has 0 aromatic heterocycles. The molecular formula is C19H23N3O2. The number of likely N-dealkylation sites (tertiary alicyclic amines) is 1. The third-order valence-electron chi connectivity index (χ3n) is 5.72. The Morgan fingerprint density at radius 3 is 2.75 bits per heavy atom. The molecule has 0 spiro atoms. The van der Waals surface area contributed by atoms with Crippen molar-refractivity contribution in [3.05, 3.63) is 35.4 Å². The molecule has 2 atom stereocenters. The van der Waals surface area contributed by atoms with Crippen molar-refractivity contribution >= 4 is 11.8 Å². The van der Waals surface area contributed by atoms with E-state index < -0.39 is 0 Å². The van der Waals surface area contributed by atoms with Crippen LogP contribution >= 0.6 is 0 Å². The van der Waals surface area contributed by atoms with Gasteiger partial charge in [-0.25, -0.2) is 0 Å². The average Bonchev–Trinajstić information content (AvgIpc) is 3.02. The Labute approximate surface area is 142 Å². The lowest BCUT2D eigenvalue weighted by Gasteiger charge is -2.46. The van der Waals surface area contributed by atoms with E-state index in [9.17, 15) is 9.59 Å². The molecule has 2 aliphatic rings. The lowest BCUT2D eigenvalue weighted by atomic mass is 9.74. The Bertz CT molecular complexity index is 692. The molecule has 1 heterocycles. The Hall–Kier alpha value is -2.35. The summed E-state index contributed by atoms with van der Waals surface area (Å²) in [4.78, 5) is 28.4. The van der Waals surface area contributed by atoms with E-state index in [1.807, 2.05) is 19.0 Å². The normalized spacial score (nSPS) is 26.0. The summed E-state index contributed by atoms with van der Waals surface area (Å²) in [6, 6.07) is 9.06. The van der Waals surface area contributed by atoms with Gasteiger partial charge >= 0.3 is 0 Å². The highest BCUT2D eigenvalue weighted by molar-refractivity contribution is 5.94. The van der Waals surface area contributed by atoms with Crippen molar-refractivity contribution in [2.45, 2.75) is 38.1 Å². The van der Waals surface area contributed by atoms with E-state index in [4.69, 9.17) is 5.26 Å². The van der Waals surface area contributed by atoms with E-state index in [0.29, 0.717) is 24.1 Å². The molecule has 3 rings (SSSR count). The van der Waals surface area contributed by atoms with Crippen LogP contribution < -0.4 is 0 Å². The zero-order valence-electron chi connectivity index (χ0n) is 14.3. The van der Waals surface area contributed by atoms with Gasteiger partial charge in [0.25, 0.3) is 5.91 Å². The molecule has 1 aromatic carbocycles. The molecule has 2 amide bonds. The summed E-state index contributed by atoms with van der Waals surface area (Å²) in [7, 11) is 3.73. The molecule has 126 valence electrons. The molecule has 0 bridgehead atoms. The first-order valence-electron chi connectivity index (χ1n) is 8.48. The highest BCUT2D eigenvalue weighted by atomic mass is 16.2. The molecule has 0 N–H and O–H groups in total. The summed E-state index contributed by atoms with van der Waals surface area (Å²) in [6.45, 7) is 0.675. The second-order valence-corrected chi connectivity index (χ2v) is 7.13. The van der Waals surface area contributed by atoms with Crippen LogP contribution in [0.1, 0.15) is 48.0 Å². The van der Waals surface area contributed by atoms with Gasteiger partial charge in [-0.05, 0) is 43.5 Å². The van der Waals surface area contributed by atoms with Crippen LogP contribution in [0.2, 0.25) is 0 Å². The van der Waals surface area contributed by atoms with E-state index in [2.05, 4.69) is 6.07 Å². The smallest absolute Gasteiger partial charge is 0.253 e. The Morgan fingerprint density at radius 1 is 1.38 bits per heavy atom. The topological polar surface area (TPSA) is 64.4 Å². The number of nitriles is 1. The summed E-state index contributed by atoms with van der Waals surface area (Å²) in [5, 5.41) is 8.86. The predicted octanol–water partition coefficient (Wildman–Crippen LogP) is 2.42. The standard InChI is InChI=1S/C19H23N3O2/c1-21(18(24)15-7-5-14(12-20)6-8-15)13-19-10-3-4-16(19)22(2)17(23)9-11-19/h5-8,16H,3-4,9-11,13H2,1-2H3. The van der Waals surface area contributed by atoms with Gasteiger partial charge in [0, 0.05) is 44.1 Å². The minimum absolute atomic E-state index is 0.0274. The van der Waals surface area contributed by atoms with Gasteiger partial charge in [0.15, 0.2) is 0 Å². The zero-order chi connectivity index (χ0) is 17.3. The van der Waals surface area contributed by atoms with Gasteiger partial charge in [0.2, 0.25) is 5.91 Å². The molecule has 5 heteroatoms. The van der Waals surface area contributed by atoms with E-state index in [1.165, 1.54) is 0 Å². The molecule has 1 aliphatic heterocycles. The molecule has 1 aliphatic carbocycles. The lowest BCUT2D eigenvalue weighted by molar-refractivity contribution is -0.140. The van der Waals surface area contributed by atoms with Crippen molar-refractivity contribution < 1.29 is 9.59 Å². The maximum atomic E-state index is 12.7. The van der Waals surface area contributed by atoms with Gasteiger partial charge in [-0.15, -0.1) is 0 Å². The molecule has 2 unspecified atom stereocenters. The Balaban J connectivity index is 1.75. The highest BCUT2D eigenvalue weighted by Crippen LogP contribution is 2.48. The van der Waals surface area contributed by atoms with Crippen LogP contribution in [0.4, 0.5) is 0 Å². The molecule has 0 radical (unpaired) electrons. The molecule has 1 saturated heterocycles. The molecule has 24 heavy (non-hydrogen) atoms. The zero-order valence-corrected chi connectivity index (χ0v) is 14.3. The summed E-state index contributed by atoms with van der Waals surface area (Å²) >= 11 is 0. The maximum Gasteiger partial charge on any atom is 0.253 e. The number of carbonyl (C=O) groups is 2. The predicted molar refractivity (Wildman–Crippen MR) is 90.2 cm³/mol. The number of nitrogens with zero attached hydrogens (tertiary/aromatic N) is 3. The van der Waals surface area contributed by atoms with E-state index >= 15 is 0 Å². The second-order valence-electron chi connectivity index (χ2n) is 7.13. The van der Waals surface area contributed by atoms with Crippen LogP contribution in [0.3, 0.4) is 0 Å². The van der Waals surface area contributed by atoms with Crippen LogP contribution in [0.25, 0.3) is 0 Å². The fourth-order valence-corrected chi connectivity index (χ4v) is 4.44. The third-order valence-corrected chi connectivity index (χ3v) is 5.72. The quantitative estimate of drug-likeness (QED) is 0.857. The van der Waals surface area contributed by atoms with Gasteiger partial charge in [-0.1, -0.05) is 6.42 Å². The van der Waals surface area contributed by atoms with Crippen molar-refractivity contribution in [3.8, 4) is 6.07 Å². The summed E-state index contributed by atoms with van der Waals surface area (Å²) in [5.41, 5.74) is 1.18. The minimum Gasteiger partial charge on any atom is -0.342 e. The van der Waals surface area contributed by atoms with Gasteiger partial charge in [0.05, 0.1) is 11.6 Å². The monoisotopic (exact) mass is 325 g/mol. The van der Waals surface area contributed by atoms with Crippen LogP contribution in [0, 0.1) is 16.7 Å². The molecule has 5 nitrogen and oxygen atoms in total. The lowest BCUT2D eigenvalue weighted by Crippen LogP contribution is -2.54. The Kier molecular flexibility index (Phi) is 4.31. The van der Waals surface area contributed by atoms with Crippen molar-refractivity contribution in [1.29, 1.82) is 5.26 Å². The van der Waals surface area contributed by atoms with Crippen LogP contribution in [-0.4, -0.2) is 48.3 Å². The van der Waals surface area contributed by atoms with Crippen molar-refractivity contribution in [2.75, 3.05) is 20.6 Å². The fourth-order valence-electron chi connectivity index (χ4n) is 4.44. The maximum absolute atomic E-state index is 12.7. The first kappa shape index (κ1) is 16.5. The largest absolute Gasteiger partial charge is 0.342 e. The SMILES string of the molecule is CN(CC12CCCC1N(C)C(=O)CC2)C(=O)c1ccc(C#N)cc1. The number of carbonyl (C=O) groups excluding carboxylic acids is 2. The molecule has 1 saturated carbocycles. The Morgan fingerprint density at radius 2 is 2.08 bits per heavy atom. The van der Waals surface area contributed by atoms with Crippen molar-refractivity contribution in [1.82, 2.24) is 9.80 Å². The second kappa shape index (κ2) is 6.27. The average molecular weight is 325 g/mol. The number of hydrogen-bond donors (Lipinski definition) is 0. The number of piperidine rings is 1. The van der Waals surface area contributed by atoms with Crippen LogP contribution in [0.5, 0.6) is 0 Å². The third kappa shape index (κ3) is 2.77. The molecule has 1 aromatic rings. The number of fused-ring (bicyclic) bond motifs is 1. The summed E-state index contributed by atoms with van der Waals surface area (Å²) < 4.78 is 0. The first-order chi connectivity index (χ1) is 11.5. The molecule has 2 fully saturated rings. The van der Waals surface area contributed by atoms with Gasteiger partial charge in [-0.2, -0.15) is 5.26 Å². The van der Waals surface area contributed by atoms with Gasteiger partial charge < -0.3 is 9.80 Å². The first-order valence-corrected chi connectivity index (χ1v) is 8.48. The summed E-state index contributed by atoms with van der Waals surface area (Å²) in [6.07, 6.45) is 4.65. The van der Waals surface area contributed by atoms with E-state index in [1.54, 1.807) is 29.2 Å². The van der Waals surface area contributed by atoms with E-state index in [0.717, 1.165) is 25.7 Å². The van der Waals surface area contributed by atoms with E-state index in [-0.39, 0.29) is 23.3 Å². The number of benzene rings is 1. The molecular weight excluding hydrogens is 302 g/mol. The highest BCUT2D eigenvalue weighted by Gasteiger charge is 2.49. The van der Waals surface area contributed by atoms with Crippen LogP contribution in [0.15, 0.2) is 24.3 Å².